The van der Waals surface area contributed by atoms with Crippen LogP contribution in [0, 0.1) is 13.8 Å². The molecule has 0 saturated carbocycles. The molecule has 228 valence electrons. The van der Waals surface area contributed by atoms with Crippen LogP contribution in [0.5, 0.6) is 0 Å². The van der Waals surface area contributed by atoms with Crippen molar-refractivity contribution in [1.29, 1.82) is 0 Å². The Morgan fingerprint density at radius 3 is 2.35 bits per heavy atom. The summed E-state index contributed by atoms with van der Waals surface area (Å²) in [6, 6.07) is 7.12. The number of alkyl halides is 7. The van der Waals surface area contributed by atoms with Crippen molar-refractivity contribution in [3.63, 3.8) is 0 Å². The van der Waals surface area contributed by atoms with E-state index in [1.165, 1.54) is 24.4 Å². The van der Waals surface area contributed by atoms with Gasteiger partial charge in [-0.3, -0.25) is 15.0 Å². The average molecular weight is 635 g/mol. The van der Waals surface area contributed by atoms with Gasteiger partial charge in [-0.25, -0.2) is 15.5 Å². The summed E-state index contributed by atoms with van der Waals surface area (Å²) >= 11 is 6.22. The maximum absolute atomic E-state index is 14.0. The van der Waals surface area contributed by atoms with E-state index in [0.29, 0.717) is 11.1 Å². The van der Waals surface area contributed by atoms with Gasteiger partial charge < -0.3 is 5.32 Å². The van der Waals surface area contributed by atoms with Gasteiger partial charge >= 0.3 is 18.0 Å². The Kier molecular flexibility index (Phi) is 8.16. The number of carbonyl (C=O) groups is 2. The molecule has 0 saturated heterocycles. The standard InChI is InChI=1S/C23H18ClF7N10O2/c1-10-6-11(2)16(13(7-10)18(42)35-32)34-19(43)15-8-12(37-41(15)17-14(24)4-3-5-33-17)9-40-38-20(36-39-40)21(25,26)22(27,28)23(29,30)31/h3-8H,9,32H2,1-2H3,(H,34,43)(H,35,42). The molecule has 0 spiro atoms. The number of benzene rings is 1. The van der Waals surface area contributed by atoms with E-state index >= 15 is 0 Å². The van der Waals surface area contributed by atoms with Gasteiger partial charge in [0.25, 0.3) is 17.6 Å². The lowest BCUT2D eigenvalue weighted by atomic mass is 10.0. The molecule has 0 aliphatic rings. The third kappa shape index (κ3) is 5.85. The molecule has 4 aromatic rings. The van der Waals surface area contributed by atoms with Crippen molar-refractivity contribution in [3.05, 3.63) is 75.5 Å². The number of hydrazine groups is 1. The molecule has 20 heteroatoms. The second-order valence-electron chi connectivity index (χ2n) is 8.96. The SMILES string of the molecule is Cc1cc(C)c(NC(=O)c2cc(Cn3nnc(C(F)(F)C(F)(F)C(F)(F)F)n3)nn2-c2ncccc2Cl)c(C(=O)NN)c1. The molecule has 2 amide bonds. The highest BCUT2D eigenvalue weighted by Gasteiger charge is 2.75. The number of pyridine rings is 1. The zero-order valence-electron chi connectivity index (χ0n) is 21.7. The van der Waals surface area contributed by atoms with Gasteiger partial charge in [0, 0.05) is 6.20 Å². The van der Waals surface area contributed by atoms with Crippen LogP contribution in [-0.2, 0) is 12.5 Å². The number of tetrazole rings is 1. The fraction of sp³-hybridized carbons (Fsp3) is 0.261. The van der Waals surface area contributed by atoms with Gasteiger partial charge in [-0.1, -0.05) is 17.7 Å². The van der Waals surface area contributed by atoms with Gasteiger partial charge in [0.1, 0.15) is 12.2 Å². The number of aromatic nitrogens is 7. The molecular weight excluding hydrogens is 617 g/mol. The van der Waals surface area contributed by atoms with Gasteiger partial charge in [0.2, 0.25) is 0 Å². The van der Waals surface area contributed by atoms with E-state index in [4.69, 9.17) is 17.4 Å². The molecule has 4 rings (SSSR count). The van der Waals surface area contributed by atoms with E-state index in [0.717, 1.165) is 10.7 Å². The van der Waals surface area contributed by atoms with E-state index in [9.17, 15) is 40.3 Å². The summed E-state index contributed by atoms with van der Waals surface area (Å²) in [7, 11) is 0. The van der Waals surface area contributed by atoms with Crippen molar-refractivity contribution in [1.82, 2.24) is 40.4 Å². The minimum absolute atomic E-state index is 0.0103. The maximum Gasteiger partial charge on any atom is 0.460 e. The summed E-state index contributed by atoms with van der Waals surface area (Å²) in [6.45, 7) is 2.60. The summed E-state index contributed by atoms with van der Waals surface area (Å²) in [5, 5.41) is 15.5. The van der Waals surface area contributed by atoms with Gasteiger partial charge in [-0.2, -0.15) is 40.6 Å². The number of halogens is 8. The van der Waals surface area contributed by atoms with E-state index in [1.54, 1.807) is 19.9 Å². The van der Waals surface area contributed by atoms with Gasteiger partial charge in [-0.15, -0.1) is 10.2 Å². The highest BCUT2D eigenvalue weighted by Crippen LogP contribution is 2.50. The number of nitrogens with two attached hydrogens (primary N) is 1. The summed E-state index contributed by atoms with van der Waals surface area (Å²) < 4.78 is 93.5. The number of anilines is 1. The van der Waals surface area contributed by atoms with Gasteiger partial charge in [0.15, 0.2) is 5.82 Å². The second kappa shape index (κ2) is 11.2. The maximum atomic E-state index is 14.0. The Hall–Kier alpha value is -4.65. The van der Waals surface area contributed by atoms with Crippen molar-refractivity contribution < 1.29 is 40.3 Å². The number of nitrogen functional groups attached to an aromatic ring is 1. The Morgan fingerprint density at radius 1 is 1.02 bits per heavy atom. The number of amides is 2. The molecule has 0 atom stereocenters. The normalized spacial score (nSPS) is 12.3. The number of rotatable bonds is 8. The summed E-state index contributed by atoms with van der Waals surface area (Å²) in [6.07, 6.45) is -5.29. The molecule has 0 bridgehead atoms. The van der Waals surface area contributed by atoms with E-state index < -0.39 is 42.2 Å². The molecular formula is C23H18ClF7N10O2. The Morgan fingerprint density at radius 2 is 1.72 bits per heavy atom. The highest BCUT2D eigenvalue weighted by atomic mass is 35.5. The molecule has 0 aliphatic heterocycles. The fourth-order valence-corrected chi connectivity index (χ4v) is 4.03. The topological polar surface area (TPSA) is 159 Å². The second-order valence-corrected chi connectivity index (χ2v) is 9.37. The quantitative estimate of drug-likeness (QED) is 0.115. The Labute approximate surface area is 241 Å². The van der Waals surface area contributed by atoms with Crippen LogP contribution in [0.2, 0.25) is 5.02 Å². The molecule has 0 radical (unpaired) electrons. The van der Waals surface area contributed by atoms with Crippen LogP contribution in [-0.4, -0.2) is 58.9 Å². The van der Waals surface area contributed by atoms with Gasteiger partial charge in [-0.05, 0) is 54.5 Å². The van der Waals surface area contributed by atoms with Crippen LogP contribution in [0.4, 0.5) is 36.4 Å². The lowest BCUT2D eigenvalue weighted by molar-refractivity contribution is -0.361. The van der Waals surface area contributed by atoms with Crippen molar-refractivity contribution in [2.24, 2.45) is 5.84 Å². The molecule has 3 heterocycles. The third-order valence-corrected chi connectivity index (χ3v) is 6.11. The molecule has 0 aliphatic carbocycles. The fourth-order valence-electron chi connectivity index (χ4n) is 3.83. The van der Waals surface area contributed by atoms with E-state index in [2.05, 4.69) is 30.8 Å². The summed E-state index contributed by atoms with van der Waals surface area (Å²) in [4.78, 5) is 30.2. The molecule has 0 fully saturated rings. The molecule has 1 aromatic carbocycles. The number of hydrogen-bond donors (Lipinski definition) is 3. The van der Waals surface area contributed by atoms with Gasteiger partial charge in [0.05, 0.1) is 22.0 Å². The first-order chi connectivity index (χ1) is 20.0. The lowest BCUT2D eigenvalue weighted by Gasteiger charge is -2.25. The first-order valence-electron chi connectivity index (χ1n) is 11.7. The monoisotopic (exact) mass is 634 g/mol. The van der Waals surface area contributed by atoms with Crippen LogP contribution in [0.25, 0.3) is 5.82 Å². The van der Waals surface area contributed by atoms with Crippen molar-refractivity contribution in [3.8, 4) is 5.82 Å². The Bertz CT molecular complexity index is 1700. The van der Waals surface area contributed by atoms with Crippen molar-refractivity contribution in [2.75, 3.05) is 5.32 Å². The molecule has 3 aromatic heterocycles. The minimum atomic E-state index is -6.61. The zero-order chi connectivity index (χ0) is 31.9. The molecule has 43 heavy (non-hydrogen) atoms. The first-order valence-corrected chi connectivity index (χ1v) is 12.1. The lowest BCUT2D eigenvalue weighted by Crippen LogP contribution is -2.50. The van der Waals surface area contributed by atoms with Crippen LogP contribution >= 0.6 is 11.6 Å². The molecule has 0 unspecified atom stereocenters. The summed E-state index contributed by atoms with van der Waals surface area (Å²) in [5.74, 6) is -10.9. The largest absolute Gasteiger partial charge is 0.460 e. The number of hydrogen-bond acceptors (Lipinski definition) is 8. The average Bonchev–Trinajstić information content (AvgIpc) is 3.57. The highest BCUT2D eigenvalue weighted by molar-refractivity contribution is 6.32. The third-order valence-electron chi connectivity index (χ3n) is 5.81. The minimum Gasteiger partial charge on any atom is -0.320 e. The zero-order valence-corrected chi connectivity index (χ0v) is 22.5. The van der Waals surface area contributed by atoms with Crippen molar-refractivity contribution in [2.45, 2.75) is 38.4 Å². The number of nitrogens with zero attached hydrogens (tertiary/aromatic N) is 7. The first kappa shape index (κ1) is 31.3. The predicted molar refractivity (Wildman–Crippen MR) is 134 cm³/mol. The number of carbonyl (C=O) groups excluding carboxylic acids is 2. The van der Waals surface area contributed by atoms with Crippen LogP contribution in [0.3, 0.4) is 0 Å². The van der Waals surface area contributed by atoms with Crippen LogP contribution in [0.15, 0.2) is 36.5 Å². The smallest absolute Gasteiger partial charge is 0.320 e. The number of aryl methyl sites for hydroxylation is 2. The van der Waals surface area contributed by atoms with E-state index in [-0.39, 0.29) is 38.3 Å². The molecule has 4 N–H and O–H groups in total. The van der Waals surface area contributed by atoms with E-state index in [1.807, 2.05) is 5.43 Å². The molecule has 12 nitrogen and oxygen atoms in total. The predicted octanol–water partition coefficient (Wildman–Crippen LogP) is 3.72. The number of nitrogens with one attached hydrogen (secondary N) is 2. The van der Waals surface area contributed by atoms with Crippen LogP contribution < -0.4 is 16.6 Å². The van der Waals surface area contributed by atoms with Crippen molar-refractivity contribution >= 4 is 29.1 Å². The van der Waals surface area contributed by atoms with Crippen LogP contribution in [0.1, 0.15) is 43.5 Å². The Balaban J connectivity index is 1.73. The summed E-state index contributed by atoms with van der Waals surface area (Å²) in [5.41, 5.74) is 2.78.